The molecule has 4 nitrogen and oxygen atoms in total. The number of aromatic nitrogens is 2. The van der Waals surface area contributed by atoms with Crippen molar-refractivity contribution in [2.24, 2.45) is 0 Å². The van der Waals surface area contributed by atoms with Gasteiger partial charge in [0.1, 0.15) is 11.5 Å². The second kappa shape index (κ2) is 9.71. The van der Waals surface area contributed by atoms with E-state index in [0.717, 1.165) is 22.5 Å². The van der Waals surface area contributed by atoms with Crippen molar-refractivity contribution in [3.8, 4) is 0 Å². The lowest BCUT2D eigenvalue weighted by atomic mass is 9.91. The highest BCUT2D eigenvalue weighted by molar-refractivity contribution is 5.78. The normalized spacial score (nSPS) is 12.1. The third-order valence-electron chi connectivity index (χ3n) is 6.04. The van der Waals surface area contributed by atoms with Gasteiger partial charge in [0.15, 0.2) is 0 Å². The number of rotatable bonds is 7. The first-order valence-electron chi connectivity index (χ1n) is 11.3. The Morgan fingerprint density at radius 3 is 2.12 bits per heavy atom. The van der Waals surface area contributed by atoms with Crippen molar-refractivity contribution in [1.82, 2.24) is 14.7 Å². The number of nitrogens with one attached hydrogen (secondary N) is 1. The summed E-state index contributed by atoms with van der Waals surface area (Å²) in [4.78, 5) is 17.9. The van der Waals surface area contributed by atoms with Gasteiger partial charge in [0.2, 0.25) is 5.91 Å². The highest BCUT2D eigenvalue weighted by atomic mass is 19.1. The van der Waals surface area contributed by atoms with Crippen LogP contribution in [0.4, 0.5) is 4.39 Å². The molecule has 0 fully saturated rings. The Morgan fingerprint density at radius 1 is 0.824 bits per heavy atom. The average Bonchev–Trinajstić information content (AvgIpc) is 3.31. The first kappa shape index (κ1) is 21.6. The Kier molecular flexibility index (Phi) is 6.17. The van der Waals surface area contributed by atoms with Crippen molar-refractivity contribution >= 4 is 11.6 Å². The molecule has 0 bridgehead atoms. The fraction of sp³-hybridized carbons (Fsp3) is 0.103. The van der Waals surface area contributed by atoms with Crippen molar-refractivity contribution in [1.29, 1.82) is 0 Å². The van der Waals surface area contributed by atoms with Crippen molar-refractivity contribution in [2.45, 2.75) is 18.4 Å². The first-order chi connectivity index (χ1) is 16.7. The van der Waals surface area contributed by atoms with E-state index in [0.29, 0.717) is 5.56 Å². The van der Waals surface area contributed by atoms with E-state index in [-0.39, 0.29) is 24.2 Å². The van der Waals surface area contributed by atoms with Crippen LogP contribution in [0.1, 0.15) is 40.8 Å². The van der Waals surface area contributed by atoms with Crippen LogP contribution in [0.15, 0.2) is 116 Å². The minimum atomic E-state index is -0.495. The monoisotopic (exact) mass is 449 g/mol. The van der Waals surface area contributed by atoms with Crippen LogP contribution >= 0.6 is 0 Å². The molecule has 3 aromatic carbocycles. The van der Waals surface area contributed by atoms with Gasteiger partial charge in [-0.3, -0.25) is 4.79 Å². The van der Waals surface area contributed by atoms with Gasteiger partial charge in [-0.25, -0.2) is 9.37 Å². The molecule has 2 heterocycles. The van der Waals surface area contributed by atoms with Gasteiger partial charge in [-0.1, -0.05) is 84.9 Å². The van der Waals surface area contributed by atoms with Crippen molar-refractivity contribution < 1.29 is 9.18 Å². The molecular weight excluding hydrogens is 425 g/mol. The van der Waals surface area contributed by atoms with Crippen LogP contribution in [0.3, 0.4) is 0 Å². The molecule has 1 atom stereocenters. The summed E-state index contributed by atoms with van der Waals surface area (Å²) < 4.78 is 16.8. The largest absolute Gasteiger partial charge is 0.345 e. The van der Waals surface area contributed by atoms with Crippen molar-refractivity contribution in [3.05, 3.63) is 144 Å². The number of halogens is 1. The molecule has 5 aromatic rings. The molecule has 0 aliphatic rings. The van der Waals surface area contributed by atoms with E-state index in [9.17, 15) is 9.18 Å². The van der Waals surface area contributed by atoms with Crippen LogP contribution in [0, 0.1) is 5.82 Å². The van der Waals surface area contributed by atoms with Crippen LogP contribution in [-0.2, 0) is 4.79 Å². The van der Waals surface area contributed by atoms with E-state index in [1.165, 1.54) is 6.07 Å². The fourth-order valence-electron chi connectivity index (χ4n) is 4.40. The molecule has 0 saturated heterocycles. The SMILES string of the molecule is O=C(CC(c1ccccc1F)c1cnc2ccccn12)NC(c1ccccc1)c1ccccc1. The van der Waals surface area contributed by atoms with Crippen LogP contribution in [-0.4, -0.2) is 15.3 Å². The van der Waals surface area contributed by atoms with Crippen molar-refractivity contribution in [2.75, 3.05) is 0 Å². The standard InChI is InChI=1S/C29H24FN3O/c30-25-16-8-7-15-23(25)24(26-20-31-27-17-9-10-18-33(26)27)19-28(34)32-29(21-11-3-1-4-12-21)22-13-5-2-6-14-22/h1-18,20,24,29H,19H2,(H,32,34). The van der Waals surface area contributed by atoms with E-state index < -0.39 is 5.92 Å². The summed E-state index contributed by atoms with van der Waals surface area (Å²) in [6, 6.07) is 31.7. The number of pyridine rings is 1. The number of nitrogens with zero attached hydrogens (tertiary/aromatic N) is 2. The van der Waals surface area contributed by atoms with Gasteiger partial charge in [0.25, 0.3) is 0 Å². The highest BCUT2D eigenvalue weighted by Crippen LogP contribution is 2.31. The summed E-state index contributed by atoms with van der Waals surface area (Å²) in [6.45, 7) is 0. The molecule has 0 aliphatic heterocycles. The lowest BCUT2D eigenvalue weighted by molar-refractivity contribution is -0.121. The van der Waals surface area contributed by atoms with Gasteiger partial charge in [-0.05, 0) is 34.9 Å². The minimum Gasteiger partial charge on any atom is -0.345 e. The van der Waals surface area contributed by atoms with E-state index in [2.05, 4.69) is 10.3 Å². The van der Waals surface area contributed by atoms with E-state index in [4.69, 9.17) is 0 Å². The molecule has 2 aromatic heterocycles. The molecule has 5 heteroatoms. The summed E-state index contributed by atoms with van der Waals surface area (Å²) >= 11 is 0. The van der Waals surface area contributed by atoms with Gasteiger partial charge >= 0.3 is 0 Å². The van der Waals surface area contributed by atoms with Crippen LogP contribution in [0.2, 0.25) is 0 Å². The summed E-state index contributed by atoms with van der Waals surface area (Å²) in [5.74, 6) is -1.00. The second-order valence-corrected chi connectivity index (χ2v) is 8.21. The number of amides is 1. The topological polar surface area (TPSA) is 46.4 Å². The fourth-order valence-corrected chi connectivity index (χ4v) is 4.40. The minimum absolute atomic E-state index is 0.0831. The molecule has 1 unspecified atom stereocenters. The molecule has 0 aliphatic carbocycles. The number of benzene rings is 3. The number of hydrogen-bond acceptors (Lipinski definition) is 2. The highest BCUT2D eigenvalue weighted by Gasteiger charge is 2.26. The van der Waals surface area contributed by atoms with Crippen LogP contribution in [0.5, 0.6) is 0 Å². The van der Waals surface area contributed by atoms with Gasteiger partial charge in [0.05, 0.1) is 11.7 Å². The predicted octanol–water partition coefficient (Wildman–Crippen LogP) is 5.90. The number of carbonyl (C=O) groups is 1. The first-order valence-corrected chi connectivity index (χ1v) is 11.3. The maximum absolute atomic E-state index is 14.9. The zero-order valence-electron chi connectivity index (χ0n) is 18.5. The zero-order chi connectivity index (χ0) is 23.3. The van der Waals surface area contributed by atoms with Gasteiger partial charge in [-0.15, -0.1) is 0 Å². The Balaban J connectivity index is 1.50. The molecule has 0 radical (unpaired) electrons. The summed E-state index contributed by atoms with van der Waals surface area (Å²) in [7, 11) is 0. The van der Waals surface area contributed by atoms with E-state index in [1.807, 2.05) is 89.5 Å². The molecule has 1 N–H and O–H groups in total. The van der Waals surface area contributed by atoms with E-state index in [1.54, 1.807) is 24.4 Å². The lowest BCUT2D eigenvalue weighted by Crippen LogP contribution is -2.31. The molecule has 5 rings (SSSR count). The Labute approximate surface area is 197 Å². The third-order valence-corrected chi connectivity index (χ3v) is 6.04. The predicted molar refractivity (Wildman–Crippen MR) is 131 cm³/mol. The number of fused-ring (bicyclic) bond motifs is 1. The Hall–Kier alpha value is -4.25. The summed E-state index contributed by atoms with van der Waals surface area (Å²) in [5.41, 5.74) is 3.97. The number of carbonyl (C=O) groups excluding carboxylic acids is 1. The second-order valence-electron chi connectivity index (χ2n) is 8.21. The smallest absolute Gasteiger partial charge is 0.221 e. The number of hydrogen-bond donors (Lipinski definition) is 1. The van der Waals surface area contributed by atoms with Gasteiger partial charge in [0, 0.05) is 24.7 Å². The summed E-state index contributed by atoms with van der Waals surface area (Å²) in [6.07, 6.45) is 3.70. The maximum Gasteiger partial charge on any atom is 0.221 e. The average molecular weight is 450 g/mol. The molecule has 0 spiro atoms. The van der Waals surface area contributed by atoms with Gasteiger partial charge in [-0.2, -0.15) is 0 Å². The Bertz CT molecular complexity index is 1360. The summed E-state index contributed by atoms with van der Waals surface area (Å²) in [5, 5.41) is 3.19. The van der Waals surface area contributed by atoms with Crippen LogP contribution < -0.4 is 5.32 Å². The Morgan fingerprint density at radius 2 is 1.44 bits per heavy atom. The molecule has 0 saturated carbocycles. The maximum atomic E-state index is 14.9. The molecule has 34 heavy (non-hydrogen) atoms. The lowest BCUT2D eigenvalue weighted by Gasteiger charge is -2.23. The van der Waals surface area contributed by atoms with Gasteiger partial charge < -0.3 is 9.72 Å². The van der Waals surface area contributed by atoms with E-state index >= 15 is 0 Å². The molecule has 1 amide bonds. The van der Waals surface area contributed by atoms with Crippen LogP contribution in [0.25, 0.3) is 5.65 Å². The molecule has 168 valence electrons. The molecular formula is C29H24FN3O. The zero-order valence-corrected chi connectivity index (χ0v) is 18.5. The quantitative estimate of drug-likeness (QED) is 0.336. The number of imidazole rings is 1. The third kappa shape index (κ3) is 4.46. The van der Waals surface area contributed by atoms with Crippen molar-refractivity contribution in [3.63, 3.8) is 0 Å².